The number of hydrogen-bond donors (Lipinski definition) is 1. The van der Waals surface area contributed by atoms with E-state index in [1.807, 2.05) is 72.8 Å². The van der Waals surface area contributed by atoms with Gasteiger partial charge in [0.1, 0.15) is 23.5 Å². The third-order valence-electron chi connectivity index (χ3n) is 9.96. The van der Waals surface area contributed by atoms with Crippen molar-refractivity contribution in [3.05, 3.63) is 187 Å². The van der Waals surface area contributed by atoms with Gasteiger partial charge in [-0.25, -0.2) is 24.9 Å². The van der Waals surface area contributed by atoms with Crippen LogP contribution < -0.4 is 10.1 Å². The standard InChI is InChI=1S/C48H34N6OS/c1-4-12-33(13-5-1)43-49-44(34-14-6-2-7-15-34)51-46(50-43)36-24-20-31(21-25-36)32-22-26-37(27-23-32)47-52-45(35-16-8-3-9-17-35)53-48(54-47)38-28-29-42-40(30-38)55-39-18-10-11-19-41(39)56-42/h1-6,8-14,16-30,44H,7,15H2,(H,49,50,51). The average Bonchev–Trinajstić information content (AvgIpc) is 3.29. The molecule has 1 aromatic heterocycles. The number of para-hydroxylation sites is 1. The summed E-state index contributed by atoms with van der Waals surface area (Å²) in [5.74, 6) is 4.99. The van der Waals surface area contributed by atoms with E-state index in [-0.39, 0.29) is 6.17 Å². The fourth-order valence-electron chi connectivity index (χ4n) is 7.00. The molecule has 7 aromatic rings. The Bertz CT molecular complexity index is 2710. The highest BCUT2D eigenvalue weighted by molar-refractivity contribution is 7.99. The average molecular weight is 743 g/mol. The van der Waals surface area contributed by atoms with E-state index >= 15 is 0 Å². The van der Waals surface area contributed by atoms with E-state index in [9.17, 15) is 0 Å². The van der Waals surface area contributed by atoms with E-state index in [1.165, 1.54) is 5.57 Å². The van der Waals surface area contributed by atoms with E-state index in [1.54, 1.807) is 11.8 Å². The van der Waals surface area contributed by atoms with Crippen LogP contribution in [-0.4, -0.2) is 32.8 Å². The fourth-order valence-corrected chi connectivity index (χ4v) is 7.93. The molecule has 1 unspecified atom stereocenters. The summed E-state index contributed by atoms with van der Waals surface area (Å²) in [7, 11) is 0. The highest BCUT2D eigenvalue weighted by Crippen LogP contribution is 2.47. The first-order valence-corrected chi connectivity index (χ1v) is 19.5. The number of ether oxygens (including phenoxy) is 1. The third-order valence-corrected chi connectivity index (χ3v) is 11.1. The molecule has 0 saturated heterocycles. The van der Waals surface area contributed by atoms with Crippen molar-refractivity contribution in [1.29, 1.82) is 0 Å². The van der Waals surface area contributed by atoms with Crippen LogP contribution in [0.3, 0.4) is 0 Å². The van der Waals surface area contributed by atoms with E-state index in [0.717, 1.165) is 84.7 Å². The monoisotopic (exact) mass is 742 g/mol. The van der Waals surface area contributed by atoms with Crippen molar-refractivity contribution in [2.75, 3.05) is 0 Å². The normalized spacial score (nSPS) is 15.6. The van der Waals surface area contributed by atoms with Crippen molar-refractivity contribution in [2.24, 2.45) is 9.98 Å². The van der Waals surface area contributed by atoms with Crippen molar-refractivity contribution in [2.45, 2.75) is 28.8 Å². The topological polar surface area (TPSA) is 84.7 Å². The van der Waals surface area contributed by atoms with Crippen LogP contribution in [0.1, 0.15) is 24.0 Å². The minimum absolute atomic E-state index is 0.162. The van der Waals surface area contributed by atoms with Gasteiger partial charge in [-0.05, 0) is 59.9 Å². The highest BCUT2D eigenvalue weighted by atomic mass is 32.2. The molecule has 268 valence electrons. The summed E-state index contributed by atoms with van der Waals surface area (Å²) in [4.78, 5) is 27.1. The van der Waals surface area contributed by atoms with Gasteiger partial charge < -0.3 is 10.1 Å². The van der Waals surface area contributed by atoms with E-state index in [4.69, 9.17) is 29.7 Å². The van der Waals surface area contributed by atoms with Crippen LogP contribution in [-0.2, 0) is 0 Å². The Hall–Kier alpha value is -6.90. The SMILES string of the molecule is C1=CCCC(C2N=C(c3ccccc3)N=C(c3ccc(-c4ccc(-c5nc(-c6ccccc6)nc(-c6ccc7c(c6)Oc6ccccc6S7)n5)cc4)cc3)N2)=C1. The molecule has 3 aliphatic rings. The summed E-state index contributed by atoms with van der Waals surface area (Å²) in [5, 5.41) is 3.61. The predicted molar refractivity (Wildman–Crippen MR) is 225 cm³/mol. The van der Waals surface area contributed by atoms with Crippen molar-refractivity contribution in [1.82, 2.24) is 20.3 Å². The fraction of sp³-hybridized carbons (Fsp3) is 0.0625. The Balaban J connectivity index is 0.941. The van der Waals surface area contributed by atoms with Crippen LogP contribution in [0.25, 0.3) is 45.3 Å². The maximum absolute atomic E-state index is 6.31. The van der Waals surface area contributed by atoms with Crippen molar-refractivity contribution >= 4 is 23.4 Å². The number of hydrogen-bond acceptors (Lipinski definition) is 8. The molecule has 8 heteroatoms. The van der Waals surface area contributed by atoms with Crippen LogP contribution >= 0.6 is 11.8 Å². The third kappa shape index (κ3) is 6.83. The van der Waals surface area contributed by atoms with E-state index < -0.39 is 0 Å². The Morgan fingerprint density at radius 1 is 0.536 bits per heavy atom. The van der Waals surface area contributed by atoms with Gasteiger partial charge in [-0.3, -0.25) is 0 Å². The highest BCUT2D eigenvalue weighted by Gasteiger charge is 2.23. The first-order chi connectivity index (χ1) is 27.7. The van der Waals surface area contributed by atoms with Crippen molar-refractivity contribution in [3.8, 4) is 56.8 Å². The minimum Gasteiger partial charge on any atom is -0.455 e. The lowest BCUT2D eigenvalue weighted by Crippen LogP contribution is -2.40. The zero-order valence-corrected chi connectivity index (χ0v) is 31.0. The Morgan fingerprint density at radius 3 is 1.80 bits per heavy atom. The lowest BCUT2D eigenvalue weighted by atomic mass is 10.00. The maximum Gasteiger partial charge on any atom is 0.164 e. The largest absolute Gasteiger partial charge is 0.455 e. The van der Waals surface area contributed by atoms with Gasteiger partial charge in [-0.2, -0.15) is 0 Å². The molecule has 2 aliphatic heterocycles. The number of benzene rings is 6. The van der Waals surface area contributed by atoms with Crippen LogP contribution in [0.4, 0.5) is 0 Å². The molecular formula is C48H34N6OS. The summed E-state index contributed by atoms with van der Waals surface area (Å²) in [5.41, 5.74) is 8.13. The van der Waals surface area contributed by atoms with Crippen LogP contribution in [0.2, 0.25) is 0 Å². The quantitative estimate of drug-likeness (QED) is 0.175. The minimum atomic E-state index is -0.162. The number of amidine groups is 2. The Labute approximate surface area is 329 Å². The van der Waals surface area contributed by atoms with Crippen LogP contribution in [0.5, 0.6) is 11.5 Å². The second-order valence-electron chi connectivity index (χ2n) is 13.7. The van der Waals surface area contributed by atoms with Gasteiger partial charge in [0.25, 0.3) is 0 Å². The number of fused-ring (bicyclic) bond motifs is 2. The van der Waals surface area contributed by atoms with Crippen LogP contribution in [0, 0.1) is 0 Å². The molecule has 0 bridgehead atoms. The molecule has 6 aromatic carbocycles. The second-order valence-corrected chi connectivity index (χ2v) is 14.8. The molecule has 7 nitrogen and oxygen atoms in total. The van der Waals surface area contributed by atoms with Crippen molar-refractivity contribution < 1.29 is 4.74 Å². The molecule has 0 fully saturated rings. The number of nitrogens with zero attached hydrogens (tertiary/aromatic N) is 5. The van der Waals surface area contributed by atoms with Gasteiger partial charge in [0.15, 0.2) is 23.3 Å². The predicted octanol–water partition coefficient (Wildman–Crippen LogP) is 11.2. The molecule has 0 spiro atoms. The number of allylic oxidation sites excluding steroid dienone is 3. The number of rotatable bonds is 7. The zero-order chi connectivity index (χ0) is 37.3. The lowest BCUT2D eigenvalue weighted by molar-refractivity contribution is 0.455. The first kappa shape index (κ1) is 33.7. The van der Waals surface area contributed by atoms with Gasteiger partial charge in [0.05, 0.1) is 9.79 Å². The van der Waals surface area contributed by atoms with Gasteiger partial charge in [-0.15, -0.1) is 0 Å². The van der Waals surface area contributed by atoms with Gasteiger partial charge in [0.2, 0.25) is 0 Å². The molecular weight excluding hydrogens is 709 g/mol. The Morgan fingerprint density at radius 2 is 1.11 bits per heavy atom. The second kappa shape index (κ2) is 14.7. The maximum atomic E-state index is 6.31. The lowest BCUT2D eigenvalue weighted by Gasteiger charge is -2.26. The van der Waals surface area contributed by atoms with E-state index in [0.29, 0.717) is 17.5 Å². The molecule has 56 heavy (non-hydrogen) atoms. The first-order valence-electron chi connectivity index (χ1n) is 18.7. The van der Waals surface area contributed by atoms with Crippen LogP contribution in [0.15, 0.2) is 195 Å². The van der Waals surface area contributed by atoms with Gasteiger partial charge in [0, 0.05) is 27.8 Å². The molecule has 0 amide bonds. The molecule has 10 rings (SSSR count). The summed E-state index contributed by atoms with van der Waals surface area (Å²) < 4.78 is 6.31. The van der Waals surface area contributed by atoms with Gasteiger partial charge in [-0.1, -0.05) is 151 Å². The number of aromatic nitrogens is 3. The number of aliphatic imine (C=N–C) groups is 2. The van der Waals surface area contributed by atoms with E-state index in [2.05, 4.69) is 102 Å². The summed E-state index contributed by atoms with van der Waals surface area (Å²) in [6.07, 6.45) is 8.31. The summed E-state index contributed by atoms with van der Waals surface area (Å²) in [6.45, 7) is 0. The summed E-state index contributed by atoms with van der Waals surface area (Å²) in [6, 6.07) is 51.4. The smallest absolute Gasteiger partial charge is 0.164 e. The zero-order valence-electron chi connectivity index (χ0n) is 30.2. The Kier molecular flexibility index (Phi) is 8.85. The molecule has 0 radical (unpaired) electrons. The molecule has 1 N–H and O–H groups in total. The summed E-state index contributed by atoms with van der Waals surface area (Å²) >= 11 is 1.70. The molecule has 3 heterocycles. The molecule has 1 atom stereocenters. The molecule has 1 aliphatic carbocycles. The van der Waals surface area contributed by atoms with Gasteiger partial charge >= 0.3 is 0 Å². The van der Waals surface area contributed by atoms with Crippen molar-refractivity contribution in [3.63, 3.8) is 0 Å². The number of nitrogens with one attached hydrogen (secondary N) is 1. The molecule has 0 saturated carbocycles.